The number of benzene rings is 3. The number of pyridine rings is 1. The standard InChI is InChI=1S/C33H29FN6O3/c1-21(41)18-25-4-8-27(20-29(25)34)37-33(42)36-26-6-2-23(3-7-26)31-38-30-19-24(22-10-12-35-13-11-22)5-9-28(30)32(39-31)40-14-16-43-17-15-40/h2-13,19-20H,14-18H2,1H3,(H2,36,37,42). The van der Waals surface area contributed by atoms with Crippen LogP contribution in [0.1, 0.15) is 12.5 Å². The fraction of sp³-hybridized carbons (Fsp3) is 0.182. The maximum absolute atomic E-state index is 14.3. The minimum atomic E-state index is -0.544. The number of ketones is 1. The van der Waals surface area contributed by atoms with Crippen molar-refractivity contribution in [3.8, 4) is 22.5 Å². The first-order chi connectivity index (χ1) is 20.9. The molecule has 6 rings (SSSR count). The Balaban J connectivity index is 1.24. The Labute approximate surface area is 247 Å². The van der Waals surface area contributed by atoms with Gasteiger partial charge in [-0.3, -0.25) is 9.78 Å². The zero-order chi connectivity index (χ0) is 29.8. The van der Waals surface area contributed by atoms with Crippen molar-refractivity contribution in [3.05, 3.63) is 96.6 Å². The highest BCUT2D eigenvalue weighted by molar-refractivity contribution is 6.00. The third-order valence-electron chi connectivity index (χ3n) is 7.15. The van der Waals surface area contributed by atoms with Gasteiger partial charge >= 0.3 is 6.03 Å². The van der Waals surface area contributed by atoms with Crippen molar-refractivity contribution in [2.45, 2.75) is 13.3 Å². The van der Waals surface area contributed by atoms with Crippen molar-refractivity contribution >= 4 is 39.9 Å². The number of carbonyl (C=O) groups is 2. The molecule has 1 saturated heterocycles. The van der Waals surface area contributed by atoms with E-state index in [4.69, 9.17) is 14.7 Å². The van der Waals surface area contributed by atoms with Gasteiger partial charge in [-0.15, -0.1) is 0 Å². The average molecular weight is 577 g/mol. The highest BCUT2D eigenvalue weighted by Crippen LogP contribution is 2.32. The van der Waals surface area contributed by atoms with Crippen LogP contribution in [0.3, 0.4) is 0 Å². The highest BCUT2D eigenvalue weighted by atomic mass is 19.1. The van der Waals surface area contributed by atoms with E-state index in [1.807, 2.05) is 24.3 Å². The number of nitrogens with one attached hydrogen (secondary N) is 2. The molecule has 0 aliphatic carbocycles. The van der Waals surface area contributed by atoms with Crippen molar-refractivity contribution in [3.63, 3.8) is 0 Å². The van der Waals surface area contributed by atoms with Gasteiger partial charge in [-0.1, -0.05) is 12.1 Å². The lowest BCUT2D eigenvalue weighted by Gasteiger charge is -2.29. The number of hydrogen-bond acceptors (Lipinski definition) is 7. The Bertz CT molecular complexity index is 1790. The Morgan fingerprint density at radius 1 is 0.837 bits per heavy atom. The molecule has 43 heavy (non-hydrogen) atoms. The van der Waals surface area contributed by atoms with Crippen molar-refractivity contribution < 1.29 is 18.7 Å². The molecular weight excluding hydrogens is 547 g/mol. The van der Waals surface area contributed by atoms with Crippen LogP contribution in [0.4, 0.5) is 26.4 Å². The minimum absolute atomic E-state index is 0.00538. The maximum Gasteiger partial charge on any atom is 0.323 e. The number of rotatable bonds is 7. The minimum Gasteiger partial charge on any atom is -0.378 e. The number of amides is 2. The zero-order valence-corrected chi connectivity index (χ0v) is 23.5. The molecule has 10 heteroatoms. The molecule has 3 aromatic carbocycles. The van der Waals surface area contributed by atoms with E-state index in [0.29, 0.717) is 24.7 Å². The molecule has 5 aromatic rings. The van der Waals surface area contributed by atoms with E-state index in [1.54, 1.807) is 30.6 Å². The Morgan fingerprint density at radius 3 is 2.26 bits per heavy atom. The summed E-state index contributed by atoms with van der Waals surface area (Å²) in [6.07, 6.45) is 3.54. The predicted molar refractivity (Wildman–Crippen MR) is 165 cm³/mol. The maximum atomic E-state index is 14.3. The van der Waals surface area contributed by atoms with Crippen LogP contribution < -0.4 is 15.5 Å². The third kappa shape index (κ3) is 6.49. The predicted octanol–water partition coefficient (Wildman–Crippen LogP) is 6.11. The van der Waals surface area contributed by atoms with Crippen LogP contribution in [0.15, 0.2) is 85.2 Å². The van der Waals surface area contributed by atoms with Crippen LogP contribution in [0.5, 0.6) is 0 Å². The van der Waals surface area contributed by atoms with Crippen LogP contribution in [0.25, 0.3) is 33.4 Å². The number of nitrogens with zero attached hydrogens (tertiary/aromatic N) is 4. The third-order valence-corrected chi connectivity index (χ3v) is 7.15. The number of anilines is 3. The zero-order valence-electron chi connectivity index (χ0n) is 23.5. The van der Waals surface area contributed by atoms with Gasteiger partial charge in [-0.05, 0) is 84.3 Å². The van der Waals surface area contributed by atoms with Crippen molar-refractivity contribution in [2.75, 3.05) is 41.8 Å². The van der Waals surface area contributed by atoms with Crippen LogP contribution in [0, 0.1) is 5.82 Å². The van der Waals surface area contributed by atoms with Crippen LogP contribution in [0.2, 0.25) is 0 Å². The lowest BCUT2D eigenvalue weighted by Crippen LogP contribution is -2.37. The van der Waals surface area contributed by atoms with Gasteiger partial charge in [-0.25, -0.2) is 19.2 Å². The van der Waals surface area contributed by atoms with E-state index in [0.717, 1.165) is 46.5 Å². The average Bonchev–Trinajstić information content (AvgIpc) is 3.02. The number of ether oxygens (including phenoxy) is 1. The van der Waals surface area contributed by atoms with Gasteiger partial charge in [0.2, 0.25) is 0 Å². The second-order valence-corrected chi connectivity index (χ2v) is 10.3. The molecule has 0 radical (unpaired) electrons. The fourth-order valence-corrected chi connectivity index (χ4v) is 5.01. The molecule has 0 atom stereocenters. The first-order valence-corrected chi connectivity index (χ1v) is 13.9. The smallest absolute Gasteiger partial charge is 0.323 e. The van der Waals surface area contributed by atoms with E-state index in [1.165, 1.54) is 19.1 Å². The van der Waals surface area contributed by atoms with Crippen LogP contribution in [-0.2, 0) is 16.0 Å². The fourth-order valence-electron chi connectivity index (χ4n) is 5.01. The lowest BCUT2D eigenvalue weighted by atomic mass is 10.0. The molecule has 0 saturated carbocycles. The molecule has 0 spiro atoms. The molecule has 3 heterocycles. The number of fused-ring (bicyclic) bond motifs is 1. The summed E-state index contributed by atoms with van der Waals surface area (Å²) >= 11 is 0. The Hall–Kier alpha value is -5.22. The number of Topliss-reactive ketones (excluding diaryl/α,β-unsaturated/α-hetero) is 1. The van der Waals surface area contributed by atoms with Gasteiger partial charge in [0, 0.05) is 54.2 Å². The van der Waals surface area contributed by atoms with Gasteiger partial charge in [0.1, 0.15) is 17.4 Å². The monoisotopic (exact) mass is 576 g/mol. The van der Waals surface area contributed by atoms with Gasteiger partial charge in [-0.2, -0.15) is 0 Å². The first kappa shape index (κ1) is 27.9. The number of aromatic nitrogens is 3. The van der Waals surface area contributed by atoms with Gasteiger partial charge in [0.25, 0.3) is 0 Å². The van der Waals surface area contributed by atoms with E-state index in [2.05, 4.69) is 38.7 Å². The normalized spacial score (nSPS) is 13.1. The molecule has 2 aromatic heterocycles. The summed E-state index contributed by atoms with van der Waals surface area (Å²) in [5.74, 6) is 0.740. The molecule has 2 N–H and O–H groups in total. The Morgan fingerprint density at radius 2 is 1.53 bits per heavy atom. The van der Waals surface area contributed by atoms with Crippen molar-refractivity contribution in [1.29, 1.82) is 0 Å². The summed E-state index contributed by atoms with van der Waals surface area (Å²) in [6.45, 7) is 4.14. The summed E-state index contributed by atoms with van der Waals surface area (Å²) in [7, 11) is 0. The molecule has 2 amide bonds. The molecule has 216 valence electrons. The summed E-state index contributed by atoms with van der Waals surface area (Å²) in [4.78, 5) is 40.1. The summed E-state index contributed by atoms with van der Waals surface area (Å²) in [5, 5.41) is 6.34. The molecule has 1 fully saturated rings. The largest absolute Gasteiger partial charge is 0.378 e. The van der Waals surface area contributed by atoms with Crippen molar-refractivity contribution in [2.24, 2.45) is 0 Å². The topological polar surface area (TPSA) is 109 Å². The number of urea groups is 1. The summed E-state index contributed by atoms with van der Waals surface area (Å²) < 4.78 is 19.9. The first-order valence-electron chi connectivity index (χ1n) is 13.9. The SMILES string of the molecule is CC(=O)Cc1ccc(NC(=O)Nc2ccc(-c3nc(N4CCOCC4)c4ccc(-c5ccncc5)cc4n3)cc2)cc1F. The van der Waals surface area contributed by atoms with Gasteiger partial charge < -0.3 is 20.3 Å². The molecular formula is C33H29FN6O3. The number of hydrogen-bond donors (Lipinski definition) is 2. The van der Waals surface area contributed by atoms with Crippen LogP contribution >= 0.6 is 0 Å². The lowest BCUT2D eigenvalue weighted by molar-refractivity contribution is -0.116. The summed E-state index contributed by atoms with van der Waals surface area (Å²) in [5.41, 5.74) is 4.81. The second kappa shape index (κ2) is 12.3. The molecule has 1 aliphatic heterocycles. The van der Waals surface area contributed by atoms with E-state index in [-0.39, 0.29) is 23.5 Å². The number of morpholine rings is 1. The highest BCUT2D eigenvalue weighted by Gasteiger charge is 2.19. The molecule has 1 aliphatic rings. The second-order valence-electron chi connectivity index (χ2n) is 10.3. The number of halogens is 1. The van der Waals surface area contributed by atoms with E-state index < -0.39 is 11.8 Å². The van der Waals surface area contributed by atoms with Gasteiger partial charge in [0.05, 0.1) is 18.7 Å². The van der Waals surface area contributed by atoms with Crippen LogP contribution in [-0.4, -0.2) is 53.1 Å². The summed E-state index contributed by atoms with van der Waals surface area (Å²) in [6, 6.07) is 21.1. The van der Waals surface area contributed by atoms with Crippen molar-refractivity contribution in [1.82, 2.24) is 15.0 Å². The quantitative estimate of drug-likeness (QED) is 0.241. The molecule has 0 bridgehead atoms. The van der Waals surface area contributed by atoms with E-state index >= 15 is 0 Å². The molecule has 9 nitrogen and oxygen atoms in total. The van der Waals surface area contributed by atoms with E-state index in [9.17, 15) is 14.0 Å². The molecule has 0 unspecified atom stereocenters. The van der Waals surface area contributed by atoms with Gasteiger partial charge in [0.15, 0.2) is 5.82 Å². The number of carbonyl (C=O) groups excluding carboxylic acids is 2. The Kier molecular flexibility index (Phi) is 8.01.